The van der Waals surface area contributed by atoms with Gasteiger partial charge in [-0.15, -0.1) is 0 Å². The topological polar surface area (TPSA) is 78.3 Å². The van der Waals surface area contributed by atoms with Crippen LogP contribution in [0.15, 0.2) is 12.4 Å². The van der Waals surface area contributed by atoms with Gasteiger partial charge in [0.25, 0.3) is 0 Å². The molecule has 0 saturated heterocycles. The summed E-state index contributed by atoms with van der Waals surface area (Å²) in [6.07, 6.45) is 8.91. The Kier molecular flexibility index (Phi) is 5.12. The van der Waals surface area contributed by atoms with Gasteiger partial charge in [-0.1, -0.05) is 26.2 Å². The van der Waals surface area contributed by atoms with Crippen LogP contribution >= 0.6 is 0 Å². The van der Waals surface area contributed by atoms with Gasteiger partial charge in [0.2, 0.25) is 0 Å². The number of carboxylic acids is 1. The number of carboxylic acid groups (broad SMARTS) is 1. The van der Waals surface area contributed by atoms with Gasteiger partial charge in [-0.05, 0) is 26.4 Å². The molecule has 116 valence electrons. The number of rotatable bonds is 6. The van der Waals surface area contributed by atoms with Crippen LogP contribution in [0.25, 0.3) is 0 Å². The molecule has 6 nitrogen and oxygen atoms in total. The molecule has 0 unspecified atom stereocenters. The van der Waals surface area contributed by atoms with E-state index in [1.807, 2.05) is 0 Å². The molecule has 21 heavy (non-hydrogen) atoms. The first-order chi connectivity index (χ1) is 10.1. The third kappa shape index (κ3) is 3.50. The maximum absolute atomic E-state index is 11.2. The van der Waals surface area contributed by atoms with Gasteiger partial charge in [0.05, 0.1) is 0 Å². The van der Waals surface area contributed by atoms with Gasteiger partial charge in [0.15, 0.2) is 11.5 Å². The van der Waals surface area contributed by atoms with Gasteiger partial charge in [-0.3, -0.25) is 4.90 Å². The predicted molar refractivity (Wildman–Crippen MR) is 81.6 cm³/mol. The summed E-state index contributed by atoms with van der Waals surface area (Å²) in [7, 11) is 2.14. The van der Waals surface area contributed by atoms with Crippen molar-refractivity contribution in [3.8, 4) is 0 Å². The van der Waals surface area contributed by atoms with Gasteiger partial charge in [-0.2, -0.15) is 0 Å². The van der Waals surface area contributed by atoms with Crippen LogP contribution in [0.3, 0.4) is 0 Å². The summed E-state index contributed by atoms with van der Waals surface area (Å²) < 4.78 is 0. The summed E-state index contributed by atoms with van der Waals surface area (Å²) in [6.45, 7) is 3.84. The third-order valence-electron chi connectivity index (χ3n) is 4.55. The molecule has 1 aliphatic rings. The minimum Gasteiger partial charge on any atom is -0.476 e. The zero-order valence-electron chi connectivity index (χ0n) is 12.8. The van der Waals surface area contributed by atoms with Crippen LogP contribution in [0.2, 0.25) is 0 Å². The van der Waals surface area contributed by atoms with Crippen molar-refractivity contribution in [1.82, 2.24) is 14.9 Å². The van der Waals surface area contributed by atoms with Crippen molar-refractivity contribution in [1.29, 1.82) is 0 Å². The third-order valence-corrected chi connectivity index (χ3v) is 4.55. The highest BCUT2D eigenvalue weighted by molar-refractivity contribution is 5.90. The number of carbonyl (C=O) groups is 1. The number of aromatic carboxylic acids is 1. The second-order valence-electron chi connectivity index (χ2n) is 5.71. The van der Waals surface area contributed by atoms with E-state index in [0.29, 0.717) is 12.4 Å². The van der Waals surface area contributed by atoms with Crippen LogP contribution in [0, 0.1) is 0 Å². The van der Waals surface area contributed by atoms with E-state index in [2.05, 4.69) is 34.2 Å². The Balaban J connectivity index is 2.14. The molecule has 1 aromatic heterocycles. The van der Waals surface area contributed by atoms with Crippen molar-refractivity contribution in [2.75, 3.05) is 25.5 Å². The van der Waals surface area contributed by atoms with Crippen LogP contribution < -0.4 is 5.32 Å². The largest absolute Gasteiger partial charge is 0.476 e. The average molecular weight is 292 g/mol. The molecule has 6 heteroatoms. The highest BCUT2D eigenvalue weighted by Crippen LogP contribution is 2.33. The number of hydrogen-bond donors (Lipinski definition) is 2. The average Bonchev–Trinajstić information content (AvgIpc) is 2.53. The van der Waals surface area contributed by atoms with Crippen molar-refractivity contribution in [2.45, 2.75) is 44.6 Å². The van der Waals surface area contributed by atoms with Crippen LogP contribution in [0.4, 0.5) is 5.82 Å². The van der Waals surface area contributed by atoms with Crippen LogP contribution in [-0.4, -0.2) is 51.6 Å². The van der Waals surface area contributed by atoms with Gasteiger partial charge in [0, 0.05) is 24.5 Å². The van der Waals surface area contributed by atoms with Crippen molar-refractivity contribution in [2.24, 2.45) is 0 Å². The second-order valence-corrected chi connectivity index (χ2v) is 5.71. The molecule has 2 rings (SSSR count). The Morgan fingerprint density at radius 1 is 1.33 bits per heavy atom. The van der Waals surface area contributed by atoms with Gasteiger partial charge in [-0.25, -0.2) is 14.8 Å². The first kappa shape index (κ1) is 15.7. The van der Waals surface area contributed by atoms with Gasteiger partial charge < -0.3 is 10.4 Å². The first-order valence-corrected chi connectivity index (χ1v) is 7.58. The number of likely N-dealkylation sites (N-methyl/N-ethyl adjacent to an activating group) is 1. The van der Waals surface area contributed by atoms with Crippen molar-refractivity contribution in [3.63, 3.8) is 0 Å². The summed E-state index contributed by atoms with van der Waals surface area (Å²) in [5.74, 6) is -0.688. The quantitative estimate of drug-likeness (QED) is 0.837. The fourth-order valence-electron chi connectivity index (χ4n) is 3.11. The molecule has 0 bridgehead atoms. The number of nitrogens with zero attached hydrogens (tertiary/aromatic N) is 3. The Morgan fingerprint density at radius 3 is 2.62 bits per heavy atom. The monoisotopic (exact) mass is 292 g/mol. The van der Waals surface area contributed by atoms with Crippen LogP contribution in [0.5, 0.6) is 0 Å². The van der Waals surface area contributed by atoms with Gasteiger partial charge >= 0.3 is 5.97 Å². The number of nitrogens with one attached hydrogen (secondary N) is 1. The highest BCUT2D eigenvalue weighted by atomic mass is 16.4. The molecule has 0 aliphatic heterocycles. The molecule has 0 aromatic carbocycles. The van der Waals surface area contributed by atoms with E-state index in [0.717, 1.165) is 19.4 Å². The highest BCUT2D eigenvalue weighted by Gasteiger charge is 2.35. The smallest absolute Gasteiger partial charge is 0.358 e. The van der Waals surface area contributed by atoms with Crippen molar-refractivity contribution >= 4 is 11.8 Å². The summed E-state index contributed by atoms with van der Waals surface area (Å²) in [6, 6.07) is 0. The standard InChI is InChI=1S/C15H24N4O2/c1-3-19(2)15(7-5-4-6-8-15)11-18-13-12(14(20)21)16-9-10-17-13/h9-10H,3-8,11H2,1-2H3,(H,17,18)(H,20,21). The molecular formula is C15H24N4O2. The summed E-state index contributed by atoms with van der Waals surface area (Å²) >= 11 is 0. The predicted octanol–water partition coefficient (Wildman–Crippen LogP) is 2.24. The van der Waals surface area contributed by atoms with E-state index >= 15 is 0 Å². The first-order valence-electron chi connectivity index (χ1n) is 7.58. The van der Waals surface area contributed by atoms with E-state index < -0.39 is 5.97 Å². The van der Waals surface area contributed by atoms with Crippen molar-refractivity contribution < 1.29 is 9.90 Å². The lowest BCUT2D eigenvalue weighted by molar-refractivity contribution is 0.0690. The van der Waals surface area contributed by atoms with E-state index in [-0.39, 0.29) is 11.2 Å². The zero-order valence-corrected chi connectivity index (χ0v) is 12.8. The maximum Gasteiger partial charge on any atom is 0.358 e. The molecule has 1 fully saturated rings. The molecule has 0 spiro atoms. The molecule has 1 saturated carbocycles. The molecular weight excluding hydrogens is 268 g/mol. The number of hydrogen-bond acceptors (Lipinski definition) is 5. The minimum absolute atomic E-state index is 0.0115. The molecule has 0 radical (unpaired) electrons. The molecule has 0 atom stereocenters. The van der Waals surface area contributed by atoms with E-state index in [9.17, 15) is 4.79 Å². The molecule has 0 amide bonds. The van der Waals surface area contributed by atoms with Crippen LogP contribution in [0.1, 0.15) is 49.5 Å². The maximum atomic E-state index is 11.2. The van der Waals surface area contributed by atoms with E-state index in [1.54, 1.807) is 0 Å². The molecule has 1 aromatic rings. The summed E-state index contributed by atoms with van der Waals surface area (Å²) in [4.78, 5) is 21.6. The number of aromatic nitrogens is 2. The fourth-order valence-corrected chi connectivity index (χ4v) is 3.11. The lowest BCUT2D eigenvalue weighted by atomic mass is 9.80. The normalized spacial score (nSPS) is 17.7. The molecule has 2 N–H and O–H groups in total. The number of anilines is 1. The molecule has 1 heterocycles. The van der Waals surface area contributed by atoms with E-state index in [1.165, 1.54) is 31.7 Å². The Hall–Kier alpha value is -1.69. The van der Waals surface area contributed by atoms with Gasteiger partial charge in [0.1, 0.15) is 0 Å². The second kappa shape index (κ2) is 6.85. The summed E-state index contributed by atoms with van der Waals surface area (Å²) in [5.41, 5.74) is 0.0722. The Labute approximate surface area is 125 Å². The van der Waals surface area contributed by atoms with Crippen LogP contribution in [-0.2, 0) is 0 Å². The Morgan fingerprint density at radius 2 is 2.00 bits per heavy atom. The minimum atomic E-state index is -1.05. The SMILES string of the molecule is CCN(C)C1(CNc2nccnc2C(=O)O)CCCCC1. The van der Waals surface area contributed by atoms with E-state index in [4.69, 9.17) is 5.11 Å². The zero-order chi connectivity index (χ0) is 15.3. The van der Waals surface area contributed by atoms with Crippen molar-refractivity contribution in [3.05, 3.63) is 18.1 Å². The lowest BCUT2D eigenvalue weighted by Crippen LogP contribution is -2.52. The summed E-state index contributed by atoms with van der Waals surface area (Å²) in [5, 5.41) is 12.4. The fraction of sp³-hybridized carbons (Fsp3) is 0.667. The Bertz CT molecular complexity index is 486. The molecule has 1 aliphatic carbocycles. The lowest BCUT2D eigenvalue weighted by Gasteiger charge is -2.44.